The molecule has 0 aromatic heterocycles. The Balaban J connectivity index is 1.81. The van der Waals surface area contributed by atoms with Crippen LogP contribution in [0.1, 0.15) is 39.2 Å². The number of nitrogens with one attached hydrogen (secondary N) is 2. The number of ether oxygens (including phenoxy) is 1. The molecule has 1 aliphatic rings. The van der Waals surface area contributed by atoms with Crippen molar-refractivity contribution < 1.29 is 9.53 Å². The third-order valence-electron chi connectivity index (χ3n) is 4.08. The number of nitrogen functional groups attached to an aromatic ring is 1. The highest BCUT2D eigenvalue weighted by Gasteiger charge is 2.26. The van der Waals surface area contributed by atoms with Crippen LogP contribution in [-0.4, -0.2) is 42.4 Å². The molecule has 1 aliphatic heterocycles. The summed E-state index contributed by atoms with van der Waals surface area (Å²) in [6.07, 6.45) is 2.98. The summed E-state index contributed by atoms with van der Waals surface area (Å²) in [5, 5.41) is 10.9. The van der Waals surface area contributed by atoms with E-state index in [9.17, 15) is 4.79 Å². The van der Waals surface area contributed by atoms with E-state index in [4.69, 9.17) is 15.9 Å². The lowest BCUT2D eigenvalue weighted by atomic mass is 9.97. The van der Waals surface area contributed by atoms with E-state index in [-0.39, 0.29) is 6.09 Å². The zero-order valence-corrected chi connectivity index (χ0v) is 14.8. The number of hydrogen-bond acceptors (Lipinski definition) is 5. The van der Waals surface area contributed by atoms with Crippen LogP contribution in [0.15, 0.2) is 18.2 Å². The van der Waals surface area contributed by atoms with Crippen LogP contribution in [0.2, 0.25) is 0 Å². The molecule has 0 unspecified atom stereocenters. The minimum atomic E-state index is -0.451. The van der Waals surface area contributed by atoms with Crippen molar-refractivity contribution in [1.82, 2.24) is 4.90 Å². The largest absolute Gasteiger partial charge is 0.444 e. The highest BCUT2D eigenvalue weighted by Crippen LogP contribution is 2.22. The molecule has 0 atom stereocenters. The summed E-state index contributed by atoms with van der Waals surface area (Å²) in [6, 6.07) is 5.53. The van der Waals surface area contributed by atoms with Crippen LogP contribution < -0.4 is 11.1 Å². The smallest absolute Gasteiger partial charge is 0.410 e. The first-order valence-electron chi connectivity index (χ1n) is 8.40. The van der Waals surface area contributed by atoms with Gasteiger partial charge in [-0.3, -0.25) is 0 Å². The summed E-state index contributed by atoms with van der Waals surface area (Å²) >= 11 is 0. The van der Waals surface area contributed by atoms with Crippen LogP contribution in [0.5, 0.6) is 0 Å². The lowest BCUT2D eigenvalue weighted by molar-refractivity contribution is 0.0188. The molecule has 1 amide bonds. The standard InChI is InChI=1S/C18H28N4O2/c1-18(2,3)24-17(23)22-8-6-13(7-9-22)12-21-16-5-4-15(20)10-14(16)11-19/h4-5,10-11,13,19,21H,6-9,12,20H2,1-3H3. The third-order valence-corrected chi connectivity index (χ3v) is 4.08. The van der Waals surface area contributed by atoms with Gasteiger partial charge in [0, 0.05) is 42.8 Å². The Hall–Kier alpha value is -2.24. The van der Waals surface area contributed by atoms with Crippen molar-refractivity contribution in [2.45, 2.75) is 39.2 Å². The van der Waals surface area contributed by atoms with Gasteiger partial charge in [-0.15, -0.1) is 0 Å². The van der Waals surface area contributed by atoms with Gasteiger partial charge < -0.3 is 26.1 Å². The Morgan fingerprint density at radius 1 is 1.42 bits per heavy atom. The summed E-state index contributed by atoms with van der Waals surface area (Å²) in [5.41, 5.74) is 7.67. The number of nitrogens with two attached hydrogens (primary N) is 1. The number of nitrogens with zero attached hydrogens (tertiary/aromatic N) is 1. The van der Waals surface area contributed by atoms with E-state index in [0.29, 0.717) is 11.6 Å². The molecule has 0 saturated carbocycles. The fourth-order valence-electron chi connectivity index (χ4n) is 2.76. The highest BCUT2D eigenvalue weighted by molar-refractivity contribution is 5.87. The average Bonchev–Trinajstić information content (AvgIpc) is 2.52. The van der Waals surface area contributed by atoms with Crippen molar-refractivity contribution in [3.05, 3.63) is 23.8 Å². The normalized spacial score (nSPS) is 15.9. The molecular weight excluding hydrogens is 304 g/mol. The Labute approximate surface area is 143 Å². The average molecular weight is 332 g/mol. The number of carbonyl (C=O) groups is 1. The van der Waals surface area contributed by atoms with Gasteiger partial charge in [0.1, 0.15) is 5.60 Å². The van der Waals surface area contributed by atoms with Gasteiger partial charge >= 0.3 is 6.09 Å². The monoisotopic (exact) mass is 332 g/mol. The summed E-state index contributed by atoms with van der Waals surface area (Å²) in [7, 11) is 0. The van der Waals surface area contributed by atoms with E-state index in [1.54, 1.807) is 11.0 Å². The van der Waals surface area contributed by atoms with Crippen molar-refractivity contribution in [1.29, 1.82) is 5.41 Å². The maximum atomic E-state index is 12.1. The summed E-state index contributed by atoms with van der Waals surface area (Å²) in [6.45, 7) is 7.92. The number of likely N-dealkylation sites (tertiary alicyclic amines) is 1. The molecule has 0 spiro atoms. The zero-order valence-electron chi connectivity index (χ0n) is 14.8. The maximum Gasteiger partial charge on any atom is 0.410 e. The number of anilines is 2. The number of rotatable bonds is 4. The van der Waals surface area contributed by atoms with Gasteiger partial charge in [0.25, 0.3) is 0 Å². The van der Waals surface area contributed by atoms with Crippen molar-refractivity contribution in [2.75, 3.05) is 30.7 Å². The molecular formula is C18H28N4O2. The Kier molecular flexibility index (Phi) is 5.70. The van der Waals surface area contributed by atoms with Gasteiger partial charge in [-0.25, -0.2) is 4.79 Å². The summed E-state index contributed by atoms with van der Waals surface area (Å²) < 4.78 is 5.42. The first-order valence-corrected chi connectivity index (χ1v) is 8.40. The van der Waals surface area contributed by atoms with E-state index in [1.807, 2.05) is 32.9 Å². The van der Waals surface area contributed by atoms with Gasteiger partial charge in [0.15, 0.2) is 0 Å². The van der Waals surface area contributed by atoms with Crippen molar-refractivity contribution in [3.63, 3.8) is 0 Å². The van der Waals surface area contributed by atoms with Gasteiger partial charge in [-0.1, -0.05) is 0 Å². The molecule has 6 nitrogen and oxygen atoms in total. The molecule has 24 heavy (non-hydrogen) atoms. The molecule has 6 heteroatoms. The molecule has 2 rings (SSSR count). The number of amides is 1. The molecule has 4 N–H and O–H groups in total. The SMILES string of the molecule is CC(C)(C)OC(=O)N1CCC(CNc2ccc(N)cc2C=N)CC1. The van der Waals surface area contributed by atoms with Crippen LogP contribution in [0.25, 0.3) is 0 Å². The first kappa shape index (κ1) is 18.1. The molecule has 132 valence electrons. The number of benzene rings is 1. The molecule has 1 heterocycles. The predicted octanol–water partition coefficient (Wildman–Crippen LogP) is 3.33. The van der Waals surface area contributed by atoms with Crippen molar-refractivity contribution >= 4 is 23.7 Å². The van der Waals surface area contributed by atoms with Crippen LogP contribution >= 0.6 is 0 Å². The zero-order chi connectivity index (χ0) is 17.7. The van der Waals surface area contributed by atoms with Gasteiger partial charge in [0.05, 0.1) is 0 Å². The second-order valence-electron chi connectivity index (χ2n) is 7.28. The molecule has 0 bridgehead atoms. The fraction of sp³-hybridized carbons (Fsp3) is 0.556. The number of hydrogen-bond donors (Lipinski definition) is 3. The molecule has 1 saturated heterocycles. The number of piperidine rings is 1. The minimum Gasteiger partial charge on any atom is -0.444 e. The van der Waals surface area contributed by atoms with Gasteiger partial charge in [-0.2, -0.15) is 0 Å². The van der Waals surface area contributed by atoms with E-state index in [1.165, 1.54) is 6.21 Å². The molecule has 1 aromatic carbocycles. The molecule has 1 aromatic rings. The highest BCUT2D eigenvalue weighted by atomic mass is 16.6. The predicted molar refractivity (Wildman–Crippen MR) is 97.8 cm³/mol. The van der Waals surface area contributed by atoms with Gasteiger partial charge in [-0.05, 0) is 57.7 Å². The lowest BCUT2D eigenvalue weighted by Crippen LogP contribution is -2.42. The lowest BCUT2D eigenvalue weighted by Gasteiger charge is -2.33. The van der Waals surface area contributed by atoms with E-state index >= 15 is 0 Å². The van der Waals surface area contributed by atoms with E-state index in [0.717, 1.165) is 43.7 Å². The molecule has 0 aliphatic carbocycles. The van der Waals surface area contributed by atoms with E-state index in [2.05, 4.69) is 5.32 Å². The quantitative estimate of drug-likeness (QED) is 0.582. The Morgan fingerprint density at radius 2 is 2.08 bits per heavy atom. The van der Waals surface area contributed by atoms with Crippen molar-refractivity contribution in [2.24, 2.45) is 5.92 Å². The molecule has 0 radical (unpaired) electrons. The van der Waals surface area contributed by atoms with Crippen LogP contribution in [0.3, 0.4) is 0 Å². The first-order chi connectivity index (χ1) is 11.3. The van der Waals surface area contributed by atoms with Crippen LogP contribution in [-0.2, 0) is 4.74 Å². The topological polar surface area (TPSA) is 91.4 Å². The maximum absolute atomic E-state index is 12.1. The van der Waals surface area contributed by atoms with Crippen LogP contribution in [0.4, 0.5) is 16.2 Å². The minimum absolute atomic E-state index is 0.224. The second-order valence-corrected chi connectivity index (χ2v) is 7.28. The molecule has 1 fully saturated rings. The summed E-state index contributed by atoms with van der Waals surface area (Å²) in [5.74, 6) is 0.500. The van der Waals surface area contributed by atoms with Crippen molar-refractivity contribution in [3.8, 4) is 0 Å². The van der Waals surface area contributed by atoms with Gasteiger partial charge in [0.2, 0.25) is 0 Å². The van der Waals surface area contributed by atoms with E-state index < -0.39 is 5.60 Å². The summed E-state index contributed by atoms with van der Waals surface area (Å²) in [4.78, 5) is 13.9. The third kappa shape index (κ3) is 5.15. The Morgan fingerprint density at radius 3 is 2.67 bits per heavy atom. The number of carbonyl (C=O) groups excluding carboxylic acids is 1. The second kappa shape index (κ2) is 7.55. The Bertz CT molecular complexity index is 587. The van der Waals surface area contributed by atoms with Crippen LogP contribution in [0, 0.1) is 11.3 Å². The fourth-order valence-corrected chi connectivity index (χ4v) is 2.76.